The van der Waals surface area contributed by atoms with Crippen molar-refractivity contribution in [2.75, 3.05) is 33.3 Å². The van der Waals surface area contributed by atoms with E-state index >= 15 is 0 Å². The molecule has 25 heavy (non-hydrogen) atoms. The van der Waals surface area contributed by atoms with Gasteiger partial charge in [0, 0.05) is 37.9 Å². The van der Waals surface area contributed by atoms with E-state index in [1.165, 1.54) is 0 Å². The number of hydrogen-bond donors (Lipinski definition) is 0. The molecule has 3 heterocycles. The predicted octanol–water partition coefficient (Wildman–Crippen LogP) is 1.52. The van der Waals surface area contributed by atoms with Gasteiger partial charge < -0.3 is 9.64 Å². The minimum Gasteiger partial charge on any atom is -0.466 e. The quantitative estimate of drug-likeness (QED) is 0.844. The zero-order chi connectivity index (χ0) is 18.4. The number of carbonyl (C=O) groups is 1. The second-order valence-corrected chi connectivity index (χ2v) is 7.55. The maximum Gasteiger partial charge on any atom is 0.260 e. The van der Waals surface area contributed by atoms with Crippen molar-refractivity contribution in [3.8, 4) is 5.88 Å². The van der Waals surface area contributed by atoms with Crippen LogP contribution < -0.4 is 4.74 Å². The number of ether oxygens (including phenoxy) is 1. The number of carbonyl (C=O) groups excluding carboxylic acids is 1. The first-order valence-corrected chi connectivity index (χ1v) is 8.62. The Bertz CT molecular complexity index is 811. The van der Waals surface area contributed by atoms with E-state index < -0.39 is 0 Å². The highest BCUT2D eigenvalue weighted by Crippen LogP contribution is 2.27. The van der Waals surface area contributed by atoms with Crippen LogP contribution in [0.4, 0.5) is 0 Å². The van der Waals surface area contributed by atoms with E-state index in [-0.39, 0.29) is 18.1 Å². The Morgan fingerprint density at radius 3 is 2.68 bits per heavy atom. The van der Waals surface area contributed by atoms with Crippen molar-refractivity contribution < 1.29 is 9.53 Å². The van der Waals surface area contributed by atoms with Crippen LogP contribution in [0.25, 0.3) is 11.0 Å². The van der Waals surface area contributed by atoms with Gasteiger partial charge in [0.25, 0.3) is 5.91 Å². The molecule has 0 saturated carbocycles. The predicted molar refractivity (Wildman–Crippen MR) is 96.8 cm³/mol. The van der Waals surface area contributed by atoms with Crippen molar-refractivity contribution >= 4 is 16.9 Å². The lowest BCUT2D eigenvalue weighted by atomic mass is 10.00. The second-order valence-electron chi connectivity index (χ2n) is 7.55. The van der Waals surface area contributed by atoms with Gasteiger partial charge in [0.2, 0.25) is 5.88 Å². The van der Waals surface area contributed by atoms with Gasteiger partial charge in [0.05, 0.1) is 5.39 Å². The van der Waals surface area contributed by atoms with Gasteiger partial charge in [-0.05, 0) is 46.4 Å². The molecule has 0 aromatic carbocycles. The Labute approximate surface area is 148 Å². The SMILES string of the molecule is Cc1cc(C)c2c(OCC(=O)N3CCN(C)C(C)(C)C3)nn(C)c2n1. The van der Waals surface area contributed by atoms with Gasteiger partial charge >= 0.3 is 0 Å². The van der Waals surface area contributed by atoms with Gasteiger partial charge in [-0.2, -0.15) is 0 Å². The molecule has 2 aromatic rings. The molecule has 0 bridgehead atoms. The third kappa shape index (κ3) is 3.33. The van der Waals surface area contributed by atoms with Crippen LogP contribution in [0.15, 0.2) is 6.07 Å². The summed E-state index contributed by atoms with van der Waals surface area (Å²) in [5.74, 6) is 0.474. The van der Waals surface area contributed by atoms with Gasteiger partial charge in [-0.25, -0.2) is 9.67 Å². The smallest absolute Gasteiger partial charge is 0.260 e. The Morgan fingerprint density at radius 2 is 2.00 bits per heavy atom. The summed E-state index contributed by atoms with van der Waals surface area (Å²) in [6, 6.07) is 2.00. The van der Waals surface area contributed by atoms with E-state index in [1.54, 1.807) is 4.68 Å². The Balaban J connectivity index is 1.74. The summed E-state index contributed by atoms with van der Waals surface area (Å²) in [5, 5.41) is 5.28. The van der Waals surface area contributed by atoms with E-state index in [0.29, 0.717) is 12.4 Å². The van der Waals surface area contributed by atoms with Crippen molar-refractivity contribution in [2.45, 2.75) is 33.2 Å². The number of aryl methyl sites for hydroxylation is 3. The van der Waals surface area contributed by atoms with Crippen LogP contribution in [0.1, 0.15) is 25.1 Å². The summed E-state index contributed by atoms with van der Waals surface area (Å²) < 4.78 is 7.50. The summed E-state index contributed by atoms with van der Waals surface area (Å²) in [4.78, 5) is 21.3. The average molecular weight is 345 g/mol. The number of nitrogens with zero attached hydrogens (tertiary/aromatic N) is 5. The van der Waals surface area contributed by atoms with Crippen LogP contribution in [0.2, 0.25) is 0 Å². The van der Waals surface area contributed by atoms with Crippen LogP contribution >= 0.6 is 0 Å². The molecule has 1 saturated heterocycles. The third-order valence-electron chi connectivity index (χ3n) is 5.09. The molecule has 7 heteroatoms. The standard InChI is InChI=1S/C18H27N5O2/c1-12-9-13(2)19-16-15(12)17(20-22(16)6)25-10-14(24)23-8-7-21(5)18(3,4)11-23/h9H,7-8,10-11H2,1-6H3. The first-order chi connectivity index (χ1) is 11.7. The van der Waals surface area contributed by atoms with E-state index in [2.05, 4.69) is 35.9 Å². The molecule has 0 unspecified atom stereocenters. The molecule has 0 aliphatic carbocycles. The van der Waals surface area contributed by atoms with Crippen molar-refractivity contribution in [3.63, 3.8) is 0 Å². The molecule has 7 nitrogen and oxygen atoms in total. The second kappa shape index (κ2) is 6.29. The van der Waals surface area contributed by atoms with Crippen molar-refractivity contribution in [1.29, 1.82) is 0 Å². The lowest BCUT2D eigenvalue weighted by Crippen LogP contribution is -2.59. The molecule has 136 valence electrons. The molecule has 3 rings (SSSR count). The lowest BCUT2D eigenvalue weighted by molar-refractivity contribution is -0.137. The number of fused-ring (bicyclic) bond motifs is 1. The van der Waals surface area contributed by atoms with Crippen LogP contribution in [0.3, 0.4) is 0 Å². The summed E-state index contributed by atoms with van der Waals surface area (Å²) in [6.07, 6.45) is 0. The fourth-order valence-electron chi connectivity index (χ4n) is 3.32. The van der Waals surface area contributed by atoms with Crippen molar-refractivity contribution in [3.05, 3.63) is 17.3 Å². The Kier molecular flexibility index (Phi) is 4.45. The summed E-state index contributed by atoms with van der Waals surface area (Å²) in [6.45, 7) is 10.6. The number of piperazine rings is 1. The normalized spacial score (nSPS) is 17.9. The van der Waals surface area contributed by atoms with Gasteiger partial charge in [0.1, 0.15) is 0 Å². The van der Waals surface area contributed by atoms with E-state index in [9.17, 15) is 4.79 Å². The van der Waals surface area contributed by atoms with Gasteiger partial charge in [-0.1, -0.05) is 0 Å². The molecule has 0 radical (unpaired) electrons. The van der Waals surface area contributed by atoms with E-state index in [0.717, 1.165) is 35.4 Å². The first kappa shape index (κ1) is 17.7. The fraction of sp³-hybridized carbons (Fsp3) is 0.611. The molecule has 1 aliphatic rings. The maximum absolute atomic E-state index is 12.6. The highest BCUT2D eigenvalue weighted by atomic mass is 16.5. The number of rotatable bonds is 3. The lowest BCUT2D eigenvalue weighted by Gasteiger charge is -2.45. The number of pyridine rings is 1. The van der Waals surface area contributed by atoms with Gasteiger partial charge in [-0.15, -0.1) is 5.10 Å². The number of amides is 1. The zero-order valence-corrected chi connectivity index (χ0v) is 16.0. The molecule has 0 atom stereocenters. The highest BCUT2D eigenvalue weighted by Gasteiger charge is 2.33. The Morgan fingerprint density at radius 1 is 1.28 bits per heavy atom. The minimum absolute atomic E-state index is 0.000770. The zero-order valence-electron chi connectivity index (χ0n) is 16.0. The molecule has 0 N–H and O–H groups in total. The molecule has 0 spiro atoms. The Hall–Kier alpha value is -2.15. The molecule has 1 fully saturated rings. The fourth-order valence-corrected chi connectivity index (χ4v) is 3.32. The van der Waals surface area contributed by atoms with E-state index in [1.807, 2.05) is 31.9 Å². The summed E-state index contributed by atoms with van der Waals surface area (Å²) in [5.41, 5.74) is 2.75. The molecular formula is C18H27N5O2. The largest absolute Gasteiger partial charge is 0.466 e. The summed E-state index contributed by atoms with van der Waals surface area (Å²) >= 11 is 0. The van der Waals surface area contributed by atoms with Crippen molar-refractivity contribution in [2.24, 2.45) is 7.05 Å². The molecule has 1 aliphatic heterocycles. The van der Waals surface area contributed by atoms with Crippen LogP contribution in [0, 0.1) is 13.8 Å². The topological polar surface area (TPSA) is 63.5 Å². The minimum atomic E-state index is -0.0242. The number of likely N-dealkylation sites (N-methyl/N-ethyl adjacent to an activating group) is 1. The number of aromatic nitrogens is 3. The molecule has 1 amide bonds. The van der Waals surface area contributed by atoms with Gasteiger partial charge in [-0.3, -0.25) is 9.69 Å². The van der Waals surface area contributed by atoms with Crippen LogP contribution in [0.5, 0.6) is 5.88 Å². The molecular weight excluding hydrogens is 318 g/mol. The van der Waals surface area contributed by atoms with Gasteiger partial charge in [0.15, 0.2) is 12.3 Å². The average Bonchev–Trinajstić information content (AvgIpc) is 2.84. The van der Waals surface area contributed by atoms with E-state index in [4.69, 9.17) is 4.74 Å². The monoisotopic (exact) mass is 345 g/mol. The van der Waals surface area contributed by atoms with Crippen LogP contribution in [-0.4, -0.2) is 69.3 Å². The highest BCUT2D eigenvalue weighted by molar-refractivity contribution is 5.85. The first-order valence-electron chi connectivity index (χ1n) is 8.62. The molecule has 2 aromatic heterocycles. The van der Waals surface area contributed by atoms with Crippen LogP contribution in [-0.2, 0) is 11.8 Å². The number of hydrogen-bond acceptors (Lipinski definition) is 5. The third-order valence-corrected chi connectivity index (χ3v) is 5.09. The van der Waals surface area contributed by atoms with Crippen molar-refractivity contribution in [1.82, 2.24) is 24.6 Å². The maximum atomic E-state index is 12.6. The summed E-state index contributed by atoms with van der Waals surface area (Å²) in [7, 11) is 3.93.